The molecule has 0 N–H and O–H groups in total. The van der Waals surface area contributed by atoms with Gasteiger partial charge in [-0.05, 0) is 54.2 Å². The minimum atomic E-state index is -2.40. The molecule has 0 bridgehead atoms. The lowest BCUT2D eigenvalue weighted by Gasteiger charge is -2.28. The molecular weight excluding hydrogens is 290 g/mol. The molecule has 0 heterocycles. The lowest BCUT2D eigenvalue weighted by molar-refractivity contribution is 0.151. The Hall–Kier alpha value is -1.70. The van der Waals surface area contributed by atoms with E-state index in [0.717, 1.165) is 17.0 Å². The van der Waals surface area contributed by atoms with Crippen molar-refractivity contribution >= 4 is 0 Å². The van der Waals surface area contributed by atoms with Crippen LogP contribution in [0.3, 0.4) is 0 Å². The highest BCUT2D eigenvalue weighted by molar-refractivity contribution is 5.64. The van der Waals surface area contributed by atoms with Gasteiger partial charge in [-0.3, -0.25) is 0 Å². The predicted octanol–water partition coefficient (Wildman–Crippen LogP) is 6.98. The Morgan fingerprint density at radius 2 is 1.35 bits per heavy atom. The van der Waals surface area contributed by atoms with Gasteiger partial charge in [-0.1, -0.05) is 61.9 Å². The molecule has 3 rings (SSSR count). The van der Waals surface area contributed by atoms with Crippen molar-refractivity contribution in [3.63, 3.8) is 0 Å². The van der Waals surface area contributed by atoms with Crippen molar-refractivity contribution in [1.29, 1.82) is 0 Å². The molecule has 0 radical (unpaired) electrons. The highest BCUT2D eigenvalue weighted by Crippen LogP contribution is 2.37. The molecule has 0 aliphatic heterocycles. The van der Waals surface area contributed by atoms with Crippen LogP contribution in [-0.4, -0.2) is 0 Å². The van der Waals surface area contributed by atoms with Crippen molar-refractivity contribution in [2.24, 2.45) is 5.92 Å². The monoisotopic (exact) mass is 314 g/mol. The van der Waals surface area contributed by atoms with Gasteiger partial charge in [0.1, 0.15) is 0 Å². The molecule has 0 saturated heterocycles. The van der Waals surface area contributed by atoms with Gasteiger partial charge in [0.2, 0.25) is 0 Å². The Morgan fingerprint density at radius 3 is 1.83 bits per heavy atom. The Bertz CT molecular complexity index is 605. The first kappa shape index (κ1) is 16.2. The average Bonchev–Trinajstić information content (AvgIpc) is 2.62. The van der Waals surface area contributed by atoms with Gasteiger partial charge in [0, 0.05) is 5.56 Å². The molecular formula is C21H24F2. The number of hydrogen-bond acceptors (Lipinski definition) is 0. The summed E-state index contributed by atoms with van der Waals surface area (Å²) in [7, 11) is 0. The maximum Gasteiger partial charge on any atom is 0.263 e. The topological polar surface area (TPSA) is 0 Å². The van der Waals surface area contributed by atoms with Crippen LogP contribution in [0.15, 0.2) is 48.5 Å². The SMILES string of the molecule is CCC1CCC(c2ccc(-c3ccc(C(F)F)cc3)cc2)CC1. The summed E-state index contributed by atoms with van der Waals surface area (Å²) in [5.74, 6) is 1.60. The minimum absolute atomic E-state index is 0.0815. The van der Waals surface area contributed by atoms with Gasteiger partial charge >= 0.3 is 0 Å². The minimum Gasteiger partial charge on any atom is -0.205 e. The number of hydrogen-bond donors (Lipinski definition) is 0. The summed E-state index contributed by atoms with van der Waals surface area (Å²) in [5, 5.41) is 0. The Balaban J connectivity index is 1.69. The molecule has 0 amide bonds. The fourth-order valence-electron chi connectivity index (χ4n) is 3.67. The first-order valence-electron chi connectivity index (χ1n) is 8.65. The normalized spacial score (nSPS) is 21.6. The van der Waals surface area contributed by atoms with E-state index in [2.05, 4.69) is 31.2 Å². The number of alkyl halides is 2. The summed E-state index contributed by atoms with van der Waals surface area (Å²) in [4.78, 5) is 0. The number of rotatable bonds is 4. The fourth-order valence-corrected chi connectivity index (χ4v) is 3.67. The van der Waals surface area contributed by atoms with E-state index in [1.165, 1.54) is 49.8 Å². The zero-order chi connectivity index (χ0) is 16.2. The summed E-state index contributed by atoms with van der Waals surface area (Å²) in [6.07, 6.45) is 4.18. The van der Waals surface area contributed by atoms with E-state index in [1.54, 1.807) is 12.1 Å². The number of halogens is 2. The molecule has 0 atom stereocenters. The third-order valence-corrected chi connectivity index (χ3v) is 5.30. The largest absolute Gasteiger partial charge is 0.263 e. The second-order valence-corrected chi connectivity index (χ2v) is 6.67. The van der Waals surface area contributed by atoms with Crippen LogP contribution in [0.1, 0.15) is 62.5 Å². The predicted molar refractivity (Wildman–Crippen MR) is 91.8 cm³/mol. The highest BCUT2D eigenvalue weighted by atomic mass is 19.3. The Kier molecular flexibility index (Phi) is 5.09. The van der Waals surface area contributed by atoms with Crippen LogP contribution < -0.4 is 0 Å². The molecule has 1 fully saturated rings. The summed E-state index contributed by atoms with van der Waals surface area (Å²) in [6.45, 7) is 2.29. The van der Waals surface area contributed by atoms with Crippen LogP contribution in [-0.2, 0) is 0 Å². The number of benzene rings is 2. The van der Waals surface area contributed by atoms with Gasteiger partial charge in [-0.25, -0.2) is 8.78 Å². The molecule has 2 heteroatoms. The van der Waals surface area contributed by atoms with E-state index in [0.29, 0.717) is 5.92 Å². The highest BCUT2D eigenvalue weighted by Gasteiger charge is 2.21. The van der Waals surface area contributed by atoms with Crippen molar-refractivity contribution in [3.05, 3.63) is 59.7 Å². The van der Waals surface area contributed by atoms with Crippen molar-refractivity contribution in [3.8, 4) is 11.1 Å². The van der Waals surface area contributed by atoms with Crippen LogP contribution in [0.2, 0.25) is 0 Å². The van der Waals surface area contributed by atoms with Crippen LogP contribution in [0.25, 0.3) is 11.1 Å². The second kappa shape index (κ2) is 7.25. The Labute approximate surface area is 137 Å². The zero-order valence-corrected chi connectivity index (χ0v) is 13.6. The van der Waals surface area contributed by atoms with Crippen molar-refractivity contribution < 1.29 is 8.78 Å². The quantitative estimate of drug-likeness (QED) is 0.571. The van der Waals surface area contributed by atoms with Crippen LogP contribution in [0.5, 0.6) is 0 Å². The molecule has 1 aliphatic rings. The van der Waals surface area contributed by atoms with Crippen molar-refractivity contribution in [2.45, 2.75) is 51.4 Å². The van der Waals surface area contributed by atoms with Crippen LogP contribution in [0.4, 0.5) is 8.78 Å². The van der Waals surface area contributed by atoms with Gasteiger partial charge < -0.3 is 0 Å². The summed E-state index contributed by atoms with van der Waals surface area (Å²) in [5.41, 5.74) is 3.60. The summed E-state index contributed by atoms with van der Waals surface area (Å²) < 4.78 is 25.2. The summed E-state index contributed by atoms with van der Waals surface area (Å²) in [6, 6.07) is 15.3. The lowest BCUT2D eigenvalue weighted by atomic mass is 9.77. The van der Waals surface area contributed by atoms with Gasteiger partial charge in [-0.2, -0.15) is 0 Å². The molecule has 2 aromatic carbocycles. The zero-order valence-electron chi connectivity index (χ0n) is 13.6. The second-order valence-electron chi connectivity index (χ2n) is 6.67. The molecule has 0 nitrogen and oxygen atoms in total. The van der Waals surface area contributed by atoms with Crippen molar-refractivity contribution in [2.75, 3.05) is 0 Å². The molecule has 2 aromatic rings. The lowest BCUT2D eigenvalue weighted by Crippen LogP contribution is -2.12. The van der Waals surface area contributed by atoms with E-state index in [9.17, 15) is 8.78 Å². The third kappa shape index (κ3) is 3.80. The standard InChI is InChI=1S/C21H24F2/c1-2-15-3-5-16(6-4-15)17-7-9-18(10-8-17)19-11-13-20(14-12-19)21(22)23/h7-16,21H,2-6H2,1H3. The molecule has 1 aliphatic carbocycles. The van der Waals surface area contributed by atoms with E-state index in [-0.39, 0.29) is 5.56 Å². The van der Waals surface area contributed by atoms with E-state index >= 15 is 0 Å². The maximum atomic E-state index is 12.6. The molecule has 23 heavy (non-hydrogen) atoms. The van der Waals surface area contributed by atoms with Gasteiger partial charge in [0.15, 0.2) is 0 Å². The van der Waals surface area contributed by atoms with Crippen molar-refractivity contribution in [1.82, 2.24) is 0 Å². The fraction of sp³-hybridized carbons (Fsp3) is 0.429. The molecule has 122 valence electrons. The molecule has 0 aromatic heterocycles. The summed E-state index contributed by atoms with van der Waals surface area (Å²) >= 11 is 0. The molecule has 0 spiro atoms. The maximum absolute atomic E-state index is 12.6. The smallest absolute Gasteiger partial charge is 0.205 e. The third-order valence-electron chi connectivity index (χ3n) is 5.30. The molecule has 1 saturated carbocycles. The first-order valence-corrected chi connectivity index (χ1v) is 8.65. The van der Waals surface area contributed by atoms with Gasteiger partial charge in [-0.15, -0.1) is 0 Å². The van der Waals surface area contributed by atoms with E-state index in [4.69, 9.17) is 0 Å². The van der Waals surface area contributed by atoms with Gasteiger partial charge in [0.05, 0.1) is 0 Å². The molecule has 0 unspecified atom stereocenters. The Morgan fingerprint density at radius 1 is 0.826 bits per heavy atom. The van der Waals surface area contributed by atoms with E-state index < -0.39 is 6.43 Å². The average molecular weight is 314 g/mol. The van der Waals surface area contributed by atoms with E-state index in [1.807, 2.05) is 0 Å². The van der Waals surface area contributed by atoms with Crippen LogP contribution >= 0.6 is 0 Å². The van der Waals surface area contributed by atoms with Crippen LogP contribution in [0, 0.1) is 5.92 Å². The van der Waals surface area contributed by atoms with Gasteiger partial charge in [0.25, 0.3) is 6.43 Å². The first-order chi connectivity index (χ1) is 11.2.